The first-order valence-corrected chi connectivity index (χ1v) is 8.62. The summed E-state index contributed by atoms with van der Waals surface area (Å²) in [6, 6.07) is 1.92. The van der Waals surface area contributed by atoms with Gasteiger partial charge >= 0.3 is 0 Å². The molecule has 146 valence electrons. The van der Waals surface area contributed by atoms with E-state index in [0.29, 0.717) is 11.9 Å². The standard InChI is InChI=1S/C17H29N7O.HI/c1-5-18-16(19-9-14(2)11-24-8-6-7-21-24)20-13-17(3,25)15-10-22-23(4)12-15;/h6-8,10,12,14,25H,5,9,11,13H2,1-4H3,(H2,18,19,20);1H. The molecular weight excluding hydrogens is 445 g/mol. The number of halogens is 1. The van der Waals surface area contributed by atoms with E-state index < -0.39 is 5.60 Å². The lowest BCUT2D eigenvalue weighted by Gasteiger charge is -2.21. The van der Waals surface area contributed by atoms with Crippen molar-refractivity contribution in [1.82, 2.24) is 30.2 Å². The molecule has 0 radical (unpaired) electrons. The highest BCUT2D eigenvalue weighted by Gasteiger charge is 2.24. The Balaban J connectivity index is 0.00000338. The van der Waals surface area contributed by atoms with Crippen molar-refractivity contribution in [1.29, 1.82) is 0 Å². The third-order valence-electron chi connectivity index (χ3n) is 3.89. The molecule has 0 aliphatic rings. The summed E-state index contributed by atoms with van der Waals surface area (Å²) in [5.41, 5.74) is -0.307. The van der Waals surface area contributed by atoms with Gasteiger partial charge in [0.05, 0.1) is 12.7 Å². The van der Waals surface area contributed by atoms with Gasteiger partial charge in [-0.1, -0.05) is 6.92 Å². The Hall–Kier alpha value is -1.62. The first kappa shape index (κ1) is 22.4. The summed E-state index contributed by atoms with van der Waals surface area (Å²) in [7, 11) is 1.83. The van der Waals surface area contributed by atoms with Gasteiger partial charge < -0.3 is 15.7 Å². The molecule has 0 aromatic carbocycles. The molecule has 0 fully saturated rings. The number of aliphatic imine (C=N–C) groups is 1. The van der Waals surface area contributed by atoms with Crippen LogP contribution in [0.2, 0.25) is 0 Å². The molecule has 0 bridgehead atoms. The maximum atomic E-state index is 10.6. The molecule has 2 aromatic heterocycles. The molecule has 0 spiro atoms. The van der Waals surface area contributed by atoms with E-state index in [1.54, 1.807) is 24.0 Å². The zero-order valence-electron chi connectivity index (χ0n) is 15.9. The van der Waals surface area contributed by atoms with Crippen LogP contribution < -0.4 is 10.6 Å². The van der Waals surface area contributed by atoms with Crippen molar-refractivity contribution in [2.45, 2.75) is 32.9 Å². The largest absolute Gasteiger partial charge is 0.383 e. The van der Waals surface area contributed by atoms with Gasteiger partial charge in [-0.3, -0.25) is 9.36 Å². The number of rotatable bonds is 8. The number of aryl methyl sites for hydroxylation is 1. The molecule has 2 heterocycles. The topological polar surface area (TPSA) is 92.3 Å². The first-order chi connectivity index (χ1) is 11.9. The highest BCUT2D eigenvalue weighted by Crippen LogP contribution is 2.19. The van der Waals surface area contributed by atoms with Gasteiger partial charge in [-0.05, 0) is 25.8 Å². The Morgan fingerprint density at radius 1 is 1.38 bits per heavy atom. The van der Waals surface area contributed by atoms with Gasteiger partial charge in [-0.25, -0.2) is 4.99 Å². The number of guanidine groups is 1. The van der Waals surface area contributed by atoms with Crippen molar-refractivity contribution >= 4 is 29.9 Å². The number of nitrogens with zero attached hydrogens (tertiary/aromatic N) is 5. The highest BCUT2D eigenvalue weighted by molar-refractivity contribution is 14.0. The molecule has 0 saturated carbocycles. The minimum Gasteiger partial charge on any atom is -0.383 e. The van der Waals surface area contributed by atoms with Crippen LogP contribution in [0, 0.1) is 5.92 Å². The van der Waals surface area contributed by atoms with E-state index in [4.69, 9.17) is 0 Å². The van der Waals surface area contributed by atoms with Crippen LogP contribution in [0.15, 0.2) is 35.8 Å². The van der Waals surface area contributed by atoms with Crippen LogP contribution in [0.5, 0.6) is 0 Å². The van der Waals surface area contributed by atoms with Crippen molar-refractivity contribution in [2.75, 3.05) is 19.6 Å². The molecule has 0 aliphatic carbocycles. The summed E-state index contributed by atoms with van der Waals surface area (Å²) in [5.74, 6) is 1.08. The van der Waals surface area contributed by atoms with Gasteiger partial charge in [0, 0.05) is 50.8 Å². The lowest BCUT2D eigenvalue weighted by molar-refractivity contribution is 0.0671. The zero-order valence-corrected chi connectivity index (χ0v) is 18.2. The van der Waals surface area contributed by atoms with Gasteiger partial charge in [0.15, 0.2) is 5.96 Å². The van der Waals surface area contributed by atoms with Crippen molar-refractivity contribution in [3.63, 3.8) is 0 Å². The second-order valence-electron chi connectivity index (χ2n) is 6.59. The Kier molecular flexibility index (Phi) is 9.06. The van der Waals surface area contributed by atoms with Crippen molar-refractivity contribution < 1.29 is 5.11 Å². The number of hydrogen-bond donors (Lipinski definition) is 3. The van der Waals surface area contributed by atoms with E-state index in [0.717, 1.165) is 25.2 Å². The molecule has 0 aliphatic heterocycles. The second kappa shape index (κ2) is 10.5. The molecule has 2 unspecified atom stereocenters. The van der Waals surface area contributed by atoms with Crippen molar-refractivity contribution in [3.05, 3.63) is 36.4 Å². The monoisotopic (exact) mass is 475 g/mol. The number of aromatic nitrogens is 4. The van der Waals surface area contributed by atoms with Gasteiger partial charge in [0.1, 0.15) is 5.60 Å². The molecule has 2 atom stereocenters. The van der Waals surface area contributed by atoms with Gasteiger partial charge in [-0.15, -0.1) is 24.0 Å². The van der Waals surface area contributed by atoms with E-state index in [-0.39, 0.29) is 30.5 Å². The van der Waals surface area contributed by atoms with Gasteiger partial charge in [0.2, 0.25) is 0 Å². The smallest absolute Gasteiger partial charge is 0.191 e. The number of aliphatic hydroxyl groups is 1. The molecule has 8 nitrogen and oxygen atoms in total. The molecule has 3 N–H and O–H groups in total. The maximum Gasteiger partial charge on any atom is 0.191 e. The Morgan fingerprint density at radius 3 is 2.73 bits per heavy atom. The van der Waals surface area contributed by atoms with Crippen LogP contribution in [0.1, 0.15) is 26.3 Å². The van der Waals surface area contributed by atoms with Crippen molar-refractivity contribution in [2.24, 2.45) is 18.0 Å². The molecule has 9 heteroatoms. The lowest BCUT2D eigenvalue weighted by atomic mass is 10.0. The van der Waals surface area contributed by atoms with Crippen LogP contribution in [0.25, 0.3) is 0 Å². The Labute approximate surface area is 172 Å². The first-order valence-electron chi connectivity index (χ1n) is 8.62. The normalized spacial score (nSPS) is 15.0. The van der Waals surface area contributed by atoms with E-state index >= 15 is 0 Å². The third kappa shape index (κ3) is 6.94. The summed E-state index contributed by atoms with van der Waals surface area (Å²) in [6.45, 7) is 8.54. The van der Waals surface area contributed by atoms with Gasteiger partial charge in [0.25, 0.3) is 0 Å². The SMILES string of the molecule is CCNC(=NCC(C)(O)c1cnn(C)c1)NCC(C)Cn1cccn1.I. The van der Waals surface area contributed by atoms with E-state index in [1.165, 1.54) is 0 Å². The van der Waals surface area contributed by atoms with Crippen LogP contribution in [-0.2, 0) is 19.2 Å². The average molecular weight is 475 g/mol. The molecule has 26 heavy (non-hydrogen) atoms. The zero-order chi connectivity index (χ0) is 18.3. The Bertz CT molecular complexity index is 666. The second-order valence-corrected chi connectivity index (χ2v) is 6.59. The molecular formula is C17H30IN7O. The molecule has 2 rings (SSSR count). The summed E-state index contributed by atoms with van der Waals surface area (Å²) >= 11 is 0. The van der Waals surface area contributed by atoms with E-state index in [9.17, 15) is 5.11 Å². The Morgan fingerprint density at radius 2 is 2.15 bits per heavy atom. The average Bonchev–Trinajstić information content (AvgIpc) is 3.22. The fourth-order valence-electron chi connectivity index (χ4n) is 2.43. The lowest BCUT2D eigenvalue weighted by Crippen LogP contribution is -2.41. The number of hydrogen-bond acceptors (Lipinski definition) is 4. The van der Waals surface area contributed by atoms with Crippen LogP contribution >= 0.6 is 24.0 Å². The van der Waals surface area contributed by atoms with E-state index in [2.05, 4.69) is 32.7 Å². The minimum absolute atomic E-state index is 0. The fourth-order valence-corrected chi connectivity index (χ4v) is 2.43. The highest BCUT2D eigenvalue weighted by atomic mass is 127. The predicted octanol–water partition coefficient (Wildman–Crippen LogP) is 1.33. The fraction of sp³-hybridized carbons (Fsp3) is 0.588. The minimum atomic E-state index is -1.06. The molecule has 0 saturated heterocycles. The number of nitrogens with one attached hydrogen (secondary N) is 2. The third-order valence-corrected chi connectivity index (χ3v) is 3.89. The summed E-state index contributed by atoms with van der Waals surface area (Å²) in [6.07, 6.45) is 7.22. The summed E-state index contributed by atoms with van der Waals surface area (Å²) in [4.78, 5) is 4.52. The van der Waals surface area contributed by atoms with Crippen LogP contribution in [-0.4, -0.2) is 50.3 Å². The predicted molar refractivity (Wildman–Crippen MR) is 114 cm³/mol. The van der Waals surface area contributed by atoms with Crippen molar-refractivity contribution in [3.8, 4) is 0 Å². The van der Waals surface area contributed by atoms with Gasteiger partial charge in [-0.2, -0.15) is 10.2 Å². The molecule has 2 aromatic rings. The summed E-state index contributed by atoms with van der Waals surface area (Å²) in [5, 5.41) is 25.5. The van der Waals surface area contributed by atoms with Crippen LogP contribution in [0.4, 0.5) is 0 Å². The van der Waals surface area contributed by atoms with Crippen LogP contribution in [0.3, 0.4) is 0 Å². The molecule has 0 amide bonds. The van der Waals surface area contributed by atoms with E-state index in [1.807, 2.05) is 37.1 Å². The quantitative estimate of drug-likeness (QED) is 0.305. The summed E-state index contributed by atoms with van der Waals surface area (Å²) < 4.78 is 3.59. The maximum absolute atomic E-state index is 10.6.